The minimum absolute atomic E-state index is 0.373. The van der Waals surface area contributed by atoms with Gasteiger partial charge in [0.25, 0.3) is 0 Å². The molecular weight excluding hydrogens is 190 g/mol. The number of rotatable bonds is 0. The lowest BCUT2D eigenvalue weighted by Crippen LogP contribution is -2.37. The van der Waals surface area contributed by atoms with Gasteiger partial charge in [-0.3, -0.25) is 0 Å². The molecule has 15 heavy (non-hydrogen) atoms. The zero-order valence-corrected chi connectivity index (χ0v) is 8.66. The Morgan fingerprint density at radius 2 is 2.00 bits per heavy atom. The van der Waals surface area contributed by atoms with E-state index in [2.05, 4.69) is 6.07 Å². The number of aryl methyl sites for hydroxylation is 1. The van der Waals surface area contributed by atoms with Crippen LogP contribution < -0.4 is 5.73 Å². The van der Waals surface area contributed by atoms with Crippen molar-refractivity contribution >= 4 is 5.69 Å². The molecule has 0 amide bonds. The lowest BCUT2D eigenvalue weighted by atomic mass is 9.86. The maximum absolute atomic E-state index is 5.98. The van der Waals surface area contributed by atoms with Crippen molar-refractivity contribution in [1.29, 1.82) is 0 Å². The van der Waals surface area contributed by atoms with Gasteiger partial charge in [-0.2, -0.15) is 0 Å². The average molecular weight is 205 g/mol. The molecule has 0 bridgehead atoms. The Labute approximate surface area is 89.2 Å². The normalized spacial score (nSPS) is 22.9. The van der Waals surface area contributed by atoms with Crippen molar-refractivity contribution in [2.75, 3.05) is 18.9 Å². The van der Waals surface area contributed by atoms with Crippen LogP contribution in [0.1, 0.15) is 17.5 Å². The Balaban J connectivity index is 1.98. The number of nitrogens with two attached hydrogens (primary N) is 1. The molecule has 1 spiro atoms. The first-order valence-electron chi connectivity index (χ1n) is 5.43. The van der Waals surface area contributed by atoms with Crippen LogP contribution in [0.25, 0.3) is 0 Å². The van der Waals surface area contributed by atoms with Gasteiger partial charge in [-0.1, -0.05) is 12.1 Å². The van der Waals surface area contributed by atoms with Gasteiger partial charge in [0.05, 0.1) is 13.2 Å². The molecule has 1 aliphatic heterocycles. The molecule has 3 rings (SSSR count). The number of benzene rings is 1. The second-order valence-corrected chi connectivity index (χ2v) is 4.27. The quantitative estimate of drug-likeness (QED) is 0.653. The molecule has 0 saturated carbocycles. The summed E-state index contributed by atoms with van der Waals surface area (Å²) in [5, 5.41) is 0. The summed E-state index contributed by atoms with van der Waals surface area (Å²) in [6.07, 6.45) is 2.75. The third-order valence-corrected chi connectivity index (χ3v) is 3.34. The number of anilines is 1. The summed E-state index contributed by atoms with van der Waals surface area (Å²) < 4.78 is 11.4. The fourth-order valence-electron chi connectivity index (χ4n) is 2.53. The summed E-state index contributed by atoms with van der Waals surface area (Å²) >= 11 is 0. The third-order valence-electron chi connectivity index (χ3n) is 3.34. The lowest BCUT2D eigenvalue weighted by Gasteiger charge is -2.33. The van der Waals surface area contributed by atoms with E-state index in [0.29, 0.717) is 13.2 Å². The topological polar surface area (TPSA) is 44.5 Å². The monoisotopic (exact) mass is 205 g/mol. The first-order chi connectivity index (χ1) is 7.29. The molecule has 1 aromatic carbocycles. The van der Waals surface area contributed by atoms with Crippen molar-refractivity contribution in [2.45, 2.75) is 25.0 Å². The van der Waals surface area contributed by atoms with Crippen molar-refractivity contribution in [3.8, 4) is 0 Å². The predicted molar refractivity (Wildman–Crippen MR) is 57.5 cm³/mol. The molecule has 1 aliphatic carbocycles. The Hall–Kier alpha value is -1.06. The summed E-state index contributed by atoms with van der Waals surface area (Å²) in [6.45, 7) is 1.42. The highest BCUT2D eigenvalue weighted by molar-refractivity contribution is 5.52. The van der Waals surface area contributed by atoms with Gasteiger partial charge in [0.2, 0.25) is 0 Å². The molecule has 0 aromatic heterocycles. The number of nitrogen functional groups attached to an aromatic ring is 1. The second kappa shape index (κ2) is 3.22. The molecule has 2 aliphatic rings. The van der Waals surface area contributed by atoms with Crippen LogP contribution in [0.15, 0.2) is 18.2 Å². The third kappa shape index (κ3) is 1.43. The van der Waals surface area contributed by atoms with Crippen LogP contribution in [0, 0.1) is 0 Å². The van der Waals surface area contributed by atoms with E-state index in [1.54, 1.807) is 0 Å². The van der Waals surface area contributed by atoms with Gasteiger partial charge in [0.15, 0.2) is 5.79 Å². The molecule has 3 nitrogen and oxygen atoms in total. The number of ether oxygens (including phenoxy) is 2. The van der Waals surface area contributed by atoms with Crippen LogP contribution in [-0.4, -0.2) is 19.0 Å². The molecule has 0 unspecified atom stereocenters. The molecule has 2 N–H and O–H groups in total. The first-order valence-corrected chi connectivity index (χ1v) is 5.43. The van der Waals surface area contributed by atoms with E-state index in [4.69, 9.17) is 15.2 Å². The summed E-state index contributed by atoms with van der Waals surface area (Å²) in [6, 6.07) is 6.11. The van der Waals surface area contributed by atoms with Crippen LogP contribution in [0.5, 0.6) is 0 Å². The molecule has 1 heterocycles. The van der Waals surface area contributed by atoms with Crippen molar-refractivity contribution in [3.05, 3.63) is 29.3 Å². The van der Waals surface area contributed by atoms with Crippen LogP contribution in [-0.2, 0) is 22.3 Å². The van der Waals surface area contributed by atoms with E-state index < -0.39 is 0 Å². The van der Waals surface area contributed by atoms with E-state index >= 15 is 0 Å². The van der Waals surface area contributed by atoms with Gasteiger partial charge in [-0.05, 0) is 23.6 Å². The van der Waals surface area contributed by atoms with Crippen LogP contribution in [0.4, 0.5) is 5.69 Å². The number of fused-ring (bicyclic) bond motifs is 1. The fraction of sp³-hybridized carbons (Fsp3) is 0.500. The largest absolute Gasteiger partial charge is 0.398 e. The van der Waals surface area contributed by atoms with E-state index in [1.807, 2.05) is 12.1 Å². The summed E-state index contributed by atoms with van der Waals surface area (Å²) in [5.41, 5.74) is 9.41. The number of hydrogen-bond acceptors (Lipinski definition) is 3. The summed E-state index contributed by atoms with van der Waals surface area (Å²) in [4.78, 5) is 0. The van der Waals surface area contributed by atoms with Crippen LogP contribution in [0.3, 0.4) is 0 Å². The Morgan fingerprint density at radius 1 is 1.20 bits per heavy atom. The van der Waals surface area contributed by atoms with Crippen molar-refractivity contribution in [3.63, 3.8) is 0 Å². The molecular formula is C12H15NO2. The SMILES string of the molecule is Nc1cccc2c1CC1(CC2)OCCO1. The lowest BCUT2D eigenvalue weighted by molar-refractivity contribution is -0.163. The smallest absolute Gasteiger partial charge is 0.172 e. The molecule has 1 fully saturated rings. The summed E-state index contributed by atoms with van der Waals surface area (Å²) in [7, 11) is 0. The van der Waals surface area contributed by atoms with Crippen LogP contribution >= 0.6 is 0 Å². The summed E-state index contributed by atoms with van der Waals surface area (Å²) in [5.74, 6) is -0.373. The molecule has 1 saturated heterocycles. The van der Waals surface area contributed by atoms with Gasteiger partial charge < -0.3 is 15.2 Å². The zero-order valence-electron chi connectivity index (χ0n) is 8.66. The maximum Gasteiger partial charge on any atom is 0.172 e. The van der Waals surface area contributed by atoms with Gasteiger partial charge in [-0.15, -0.1) is 0 Å². The van der Waals surface area contributed by atoms with Crippen LogP contribution in [0.2, 0.25) is 0 Å². The fourth-order valence-corrected chi connectivity index (χ4v) is 2.53. The molecule has 80 valence electrons. The molecule has 0 atom stereocenters. The average Bonchev–Trinajstić information content (AvgIpc) is 2.68. The van der Waals surface area contributed by atoms with E-state index in [0.717, 1.165) is 24.9 Å². The van der Waals surface area contributed by atoms with Gasteiger partial charge in [0.1, 0.15) is 0 Å². The van der Waals surface area contributed by atoms with E-state index in [1.165, 1.54) is 11.1 Å². The maximum atomic E-state index is 5.98. The predicted octanol–water partition coefficient (Wildman–Crippen LogP) is 1.50. The van der Waals surface area contributed by atoms with Gasteiger partial charge in [-0.25, -0.2) is 0 Å². The second-order valence-electron chi connectivity index (χ2n) is 4.27. The minimum Gasteiger partial charge on any atom is -0.398 e. The first kappa shape index (κ1) is 9.19. The van der Waals surface area contributed by atoms with Gasteiger partial charge in [0, 0.05) is 18.5 Å². The molecule has 0 radical (unpaired) electrons. The molecule has 1 aromatic rings. The van der Waals surface area contributed by atoms with Crippen molar-refractivity contribution in [2.24, 2.45) is 0 Å². The highest BCUT2D eigenvalue weighted by Gasteiger charge is 2.40. The molecule has 3 heteroatoms. The zero-order chi connectivity index (χ0) is 10.3. The Morgan fingerprint density at radius 3 is 2.80 bits per heavy atom. The van der Waals surface area contributed by atoms with Crippen molar-refractivity contribution in [1.82, 2.24) is 0 Å². The number of hydrogen-bond donors (Lipinski definition) is 1. The van der Waals surface area contributed by atoms with Crippen molar-refractivity contribution < 1.29 is 9.47 Å². The van der Waals surface area contributed by atoms with E-state index in [9.17, 15) is 0 Å². The Bertz CT molecular complexity index is 383. The highest BCUT2D eigenvalue weighted by atomic mass is 16.7. The van der Waals surface area contributed by atoms with Gasteiger partial charge >= 0.3 is 0 Å². The Kier molecular flexibility index (Phi) is 1.97. The van der Waals surface area contributed by atoms with E-state index in [-0.39, 0.29) is 5.79 Å². The minimum atomic E-state index is -0.373. The standard InChI is InChI=1S/C12H15NO2/c13-11-3-1-2-9-4-5-12(8-10(9)11)14-6-7-15-12/h1-3H,4-8,13H2. The highest BCUT2D eigenvalue weighted by Crippen LogP contribution is 2.37.